The number of carbonyl (C=O) groups excluding carboxylic acids is 1. The van der Waals surface area contributed by atoms with Gasteiger partial charge in [0.1, 0.15) is 5.69 Å². The number of rotatable bonds is 1. The highest BCUT2D eigenvalue weighted by atomic mass is 19.2. The van der Waals surface area contributed by atoms with Crippen LogP contribution in [0.3, 0.4) is 0 Å². The Labute approximate surface area is 87.7 Å². The van der Waals surface area contributed by atoms with Gasteiger partial charge in [-0.1, -0.05) is 0 Å². The number of benzene rings is 1. The molecule has 0 aliphatic carbocycles. The molecule has 2 rings (SSSR count). The highest BCUT2D eigenvalue weighted by molar-refractivity contribution is 6.04. The predicted octanol–water partition coefficient (Wildman–Crippen LogP) is 1.75. The van der Waals surface area contributed by atoms with Crippen LogP contribution < -0.4 is 5.73 Å². The van der Waals surface area contributed by atoms with Crippen molar-refractivity contribution in [1.82, 2.24) is 4.98 Å². The molecule has 6 heteroatoms. The van der Waals surface area contributed by atoms with Gasteiger partial charge in [0.05, 0.1) is 0 Å². The van der Waals surface area contributed by atoms with Crippen LogP contribution in [-0.4, -0.2) is 10.9 Å². The summed E-state index contributed by atoms with van der Waals surface area (Å²) < 4.78 is 39.2. The van der Waals surface area contributed by atoms with Crippen molar-refractivity contribution in [2.75, 3.05) is 0 Å². The second-order valence-corrected chi connectivity index (χ2v) is 3.11. The first-order chi connectivity index (χ1) is 7.52. The maximum atomic E-state index is 13.3. The Kier molecular flexibility index (Phi) is 2.26. The Morgan fingerprint density at radius 3 is 2.50 bits per heavy atom. The van der Waals surface area contributed by atoms with Gasteiger partial charge in [0.15, 0.2) is 17.5 Å². The number of halogens is 3. The molecule has 0 aliphatic heterocycles. The molecule has 3 nitrogen and oxygen atoms in total. The summed E-state index contributed by atoms with van der Waals surface area (Å²) in [6, 6.07) is 1.83. The van der Waals surface area contributed by atoms with Crippen LogP contribution in [0.5, 0.6) is 0 Å². The number of aromatic nitrogens is 1. The first-order valence-corrected chi connectivity index (χ1v) is 4.24. The first kappa shape index (κ1) is 10.4. The number of nitrogens with zero attached hydrogens (tertiary/aromatic N) is 1. The van der Waals surface area contributed by atoms with E-state index < -0.39 is 23.4 Å². The molecule has 0 aliphatic rings. The van der Waals surface area contributed by atoms with Gasteiger partial charge in [-0.15, -0.1) is 0 Å². The van der Waals surface area contributed by atoms with Gasteiger partial charge >= 0.3 is 0 Å². The Hall–Kier alpha value is -2.11. The number of hydrogen-bond acceptors (Lipinski definition) is 2. The maximum absolute atomic E-state index is 13.3. The van der Waals surface area contributed by atoms with Gasteiger partial charge in [0.2, 0.25) is 0 Å². The standard InChI is InChI=1S/C10H5F3N2O/c11-6-3-5-4(7(12)8(6)13)1-2-15-9(5)10(14)16/h1-3H,(H2,14,16). The maximum Gasteiger partial charge on any atom is 0.267 e. The topological polar surface area (TPSA) is 56.0 Å². The molecule has 1 amide bonds. The van der Waals surface area contributed by atoms with Crippen molar-refractivity contribution in [2.24, 2.45) is 5.73 Å². The third-order valence-electron chi connectivity index (χ3n) is 2.13. The second-order valence-electron chi connectivity index (χ2n) is 3.11. The van der Waals surface area contributed by atoms with Crippen molar-refractivity contribution < 1.29 is 18.0 Å². The summed E-state index contributed by atoms with van der Waals surface area (Å²) in [4.78, 5) is 14.5. The van der Waals surface area contributed by atoms with Gasteiger partial charge in [0, 0.05) is 17.0 Å². The van der Waals surface area contributed by atoms with Crippen molar-refractivity contribution in [3.63, 3.8) is 0 Å². The van der Waals surface area contributed by atoms with Crippen LogP contribution in [0.25, 0.3) is 10.8 Å². The van der Waals surface area contributed by atoms with Crippen molar-refractivity contribution >= 4 is 16.7 Å². The smallest absolute Gasteiger partial charge is 0.267 e. The molecule has 82 valence electrons. The minimum Gasteiger partial charge on any atom is -0.364 e. The first-order valence-electron chi connectivity index (χ1n) is 4.24. The minimum absolute atomic E-state index is 0.147. The molecule has 2 N–H and O–H groups in total. The summed E-state index contributed by atoms with van der Waals surface area (Å²) in [5.74, 6) is -5.27. The highest BCUT2D eigenvalue weighted by Gasteiger charge is 2.17. The van der Waals surface area contributed by atoms with E-state index in [1.807, 2.05) is 0 Å². The molecule has 1 aromatic carbocycles. The van der Waals surface area contributed by atoms with E-state index in [4.69, 9.17) is 5.73 Å². The Bertz CT molecular complexity index is 598. The van der Waals surface area contributed by atoms with E-state index in [-0.39, 0.29) is 16.5 Å². The molecule has 0 bridgehead atoms. The average molecular weight is 226 g/mol. The van der Waals surface area contributed by atoms with E-state index in [1.165, 1.54) is 0 Å². The lowest BCUT2D eigenvalue weighted by atomic mass is 10.1. The Morgan fingerprint density at radius 1 is 1.19 bits per heavy atom. The number of amides is 1. The second kappa shape index (κ2) is 3.48. The lowest BCUT2D eigenvalue weighted by molar-refractivity contribution is 0.0997. The van der Waals surface area contributed by atoms with Crippen LogP contribution in [0.1, 0.15) is 10.5 Å². The van der Waals surface area contributed by atoms with E-state index in [1.54, 1.807) is 0 Å². The van der Waals surface area contributed by atoms with Gasteiger partial charge in [0.25, 0.3) is 5.91 Å². The average Bonchev–Trinajstić information content (AvgIpc) is 2.25. The van der Waals surface area contributed by atoms with Crippen molar-refractivity contribution in [3.8, 4) is 0 Å². The third kappa shape index (κ3) is 1.39. The number of nitrogens with two attached hydrogens (primary N) is 1. The summed E-state index contributed by atoms with van der Waals surface area (Å²) >= 11 is 0. The zero-order valence-corrected chi connectivity index (χ0v) is 7.80. The number of hydrogen-bond donors (Lipinski definition) is 1. The molecule has 2 aromatic rings. The number of primary amides is 1. The number of pyridine rings is 1. The Balaban J connectivity index is 2.95. The molecule has 1 aromatic heterocycles. The predicted molar refractivity (Wildman–Crippen MR) is 50.1 cm³/mol. The van der Waals surface area contributed by atoms with E-state index in [9.17, 15) is 18.0 Å². The summed E-state index contributed by atoms with van der Waals surface area (Å²) in [5, 5.41) is -0.380. The lowest BCUT2D eigenvalue weighted by Crippen LogP contribution is -2.14. The molecule has 0 saturated heterocycles. The van der Waals surface area contributed by atoms with Gasteiger partial charge in [-0.05, 0) is 12.1 Å². The fraction of sp³-hybridized carbons (Fsp3) is 0. The van der Waals surface area contributed by atoms with Crippen molar-refractivity contribution in [3.05, 3.63) is 41.5 Å². The molecular formula is C10H5F3N2O. The molecule has 0 radical (unpaired) electrons. The molecule has 0 saturated carbocycles. The minimum atomic E-state index is -1.59. The monoisotopic (exact) mass is 226 g/mol. The van der Waals surface area contributed by atoms with E-state index in [0.29, 0.717) is 6.07 Å². The molecule has 16 heavy (non-hydrogen) atoms. The summed E-state index contributed by atoms with van der Waals surface area (Å²) in [6.07, 6.45) is 1.10. The van der Waals surface area contributed by atoms with Crippen LogP contribution in [0.4, 0.5) is 13.2 Å². The Morgan fingerprint density at radius 2 is 1.88 bits per heavy atom. The lowest BCUT2D eigenvalue weighted by Gasteiger charge is -2.04. The van der Waals surface area contributed by atoms with E-state index in [2.05, 4.69) is 4.98 Å². The normalized spacial score (nSPS) is 10.7. The van der Waals surface area contributed by atoms with Gasteiger partial charge < -0.3 is 5.73 Å². The van der Waals surface area contributed by atoms with Crippen LogP contribution in [0.15, 0.2) is 18.3 Å². The number of fused-ring (bicyclic) bond motifs is 1. The van der Waals surface area contributed by atoms with E-state index >= 15 is 0 Å². The van der Waals surface area contributed by atoms with Gasteiger partial charge in [-0.2, -0.15) is 0 Å². The van der Waals surface area contributed by atoms with Crippen LogP contribution in [-0.2, 0) is 0 Å². The molecular weight excluding hydrogens is 221 g/mol. The van der Waals surface area contributed by atoms with E-state index in [0.717, 1.165) is 12.3 Å². The van der Waals surface area contributed by atoms with Crippen LogP contribution in [0, 0.1) is 17.5 Å². The van der Waals surface area contributed by atoms with Crippen LogP contribution >= 0.6 is 0 Å². The zero-order valence-electron chi connectivity index (χ0n) is 7.80. The fourth-order valence-corrected chi connectivity index (χ4v) is 1.42. The van der Waals surface area contributed by atoms with Crippen molar-refractivity contribution in [2.45, 2.75) is 0 Å². The molecule has 0 atom stereocenters. The third-order valence-corrected chi connectivity index (χ3v) is 2.13. The SMILES string of the molecule is NC(=O)c1nccc2c(F)c(F)c(F)cc12. The number of carbonyl (C=O) groups is 1. The summed E-state index contributed by atoms with van der Waals surface area (Å²) in [5.41, 5.74) is 4.68. The molecule has 0 unspecified atom stereocenters. The van der Waals surface area contributed by atoms with Gasteiger partial charge in [-0.3, -0.25) is 9.78 Å². The zero-order chi connectivity index (χ0) is 11.9. The fourth-order valence-electron chi connectivity index (χ4n) is 1.42. The molecule has 0 spiro atoms. The quantitative estimate of drug-likeness (QED) is 0.753. The van der Waals surface area contributed by atoms with Crippen molar-refractivity contribution in [1.29, 1.82) is 0 Å². The summed E-state index contributed by atoms with van der Waals surface area (Å²) in [7, 11) is 0. The largest absolute Gasteiger partial charge is 0.364 e. The molecule has 1 heterocycles. The summed E-state index contributed by atoms with van der Waals surface area (Å²) in [6.45, 7) is 0. The van der Waals surface area contributed by atoms with Gasteiger partial charge in [-0.25, -0.2) is 13.2 Å². The van der Waals surface area contributed by atoms with Crippen LogP contribution in [0.2, 0.25) is 0 Å². The highest BCUT2D eigenvalue weighted by Crippen LogP contribution is 2.24. The molecule has 0 fully saturated rings.